The summed E-state index contributed by atoms with van der Waals surface area (Å²) in [6.45, 7) is 6.58. The van der Waals surface area contributed by atoms with Gasteiger partial charge in [0.2, 0.25) is 0 Å². The summed E-state index contributed by atoms with van der Waals surface area (Å²) in [7, 11) is -3.26. The Bertz CT molecular complexity index is 1400. The fourth-order valence-electron chi connectivity index (χ4n) is 3.93. The van der Waals surface area contributed by atoms with Gasteiger partial charge in [0, 0.05) is 54.9 Å². The van der Waals surface area contributed by atoms with Crippen molar-refractivity contribution in [1.82, 2.24) is 15.3 Å². The first-order chi connectivity index (χ1) is 16.3. The van der Waals surface area contributed by atoms with E-state index in [0.717, 1.165) is 29.8 Å². The molecule has 0 atom stereocenters. The molecule has 8 heteroatoms. The van der Waals surface area contributed by atoms with Gasteiger partial charge in [-0.3, -0.25) is 4.79 Å². The van der Waals surface area contributed by atoms with E-state index >= 15 is 0 Å². The van der Waals surface area contributed by atoms with Gasteiger partial charge in [0.25, 0.3) is 5.91 Å². The molecular weight excluding hydrogens is 448 g/mol. The van der Waals surface area contributed by atoms with Crippen molar-refractivity contribution in [2.75, 3.05) is 24.2 Å². The number of sulfone groups is 1. The number of fused-ring (bicyclic) bond motifs is 1. The molecule has 7 nitrogen and oxygen atoms in total. The number of benzene rings is 2. The number of H-pyrrole nitrogens is 1. The average molecular weight is 477 g/mol. The third-order valence-electron chi connectivity index (χ3n) is 5.91. The Morgan fingerprint density at radius 3 is 2.29 bits per heavy atom. The second kappa shape index (κ2) is 9.69. The van der Waals surface area contributed by atoms with Gasteiger partial charge in [0.05, 0.1) is 10.5 Å². The molecule has 0 saturated carbocycles. The fourth-order valence-corrected chi connectivity index (χ4v) is 4.57. The lowest BCUT2D eigenvalue weighted by Crippen LogP contribution is -2.23. The van der Waals surface area contributed by atoms with Crippen molar-refractivity contribution < 1.29 is 13.2 Å². The molecule has 4 rings (SSSR count). The van der Waals surface area contributed by atoms with Crippen LogP contribution in [0.5, 0.6) is 0 Å². The molecule has 2 heterocycles. The standard InChI is InChI=1S/C26H28N4O3S/c1-4-30(5-2)21-10-6-18(7-11-21)15-29-26(31)24-17-28-25-23(24)14-20(16-27-25)19-8-12-22(13-9-19)34(3,32)33/h6-14,16-17H,4-5,15H2,1-3H3,(H,27,28)(H,29,31). The van der Waals surface area contributed by atoms with Gasteiger partial charge in [-0.25, -0.2) is 13.4 Å². The molecule has 0 saturated heterocycles. The monoisotopic (exact) mass is 476 g/mol. The Balaban J connectivity index is 1.51. The molecule has 2 aromatic heterocycles. The number of anilines is 1. The molecule has 0 fully saturated rings. The van der Waals surface area contributed by atoms with Crippen molar-refractivity contribution in [1.29, 1.82) is 0 Å². The number of hydrogen-bond donors (Lipinski definition) is 2. The zero-order valence-corrected chi connectivity index (χ0v) is 20.3. The number of aromatic amines is 1. The van der Waals surface area contributed by atoms with Crippen LogP contribution >= 0.6 is 0 Å². The summed E-state index contributed by atoms with van der Waals surface area (Å²) in [6, 6.07) is 16.7. The lowest BCUT2D eigenvalue weighted by molar-refractivity contribution is 0.0952. The zero-order chi connectivity index (χ0) is 24.3. The van der Waals surface area contributed by atoms with E-state index in [9.17, 15) is 13.2 Å². The number of carbonyl (C=O) groups is 1. The minimum atomic E-state index is -3.26. The normalized spacial score (nSPS) is 11.5. The van der Waals surface area contributed by atoms with E-state index in [0.29, 0.717) is 23.1 Å². The summed E-state index contributed by atoms with van der Waals surface area (Å²) in [4.78, 5) is 22.9. The van der Waals surface area contributed by atoms with Gasteiger partial charge in [0.1, 0.15) is 5.65 Å². The minimum absolute atomic E-state index is 0.189. The highest BCUT2D eigenvalue weighted by Crippen LogP contribution is 2.26. The Kier molecular flexibility index (Phi) is 6.70. The van der Waals surface area contributed by atoms with Crippen molar-refractivity contribution >= 4 is 32.5 Å². The van der Waals surface area contributed by atoms with E-state index in [4.69, 9.17) is 0 Å². The van der Waals surface area contributed by atoms with E-state index in [-0.39, 0.29) is 10.8 Å². The number of pyridine rings is 1. The number of nitrogens with zero attached hydrogens (tertiary/aromatic N) is 2. The van der Waals surface area contributed by atoms with Crippen LogP contribution in [0.3, 0.4) is 0 Å². The highest BCUT2D eigenvalue weighted by molar-refractivity contribution is 7.90. The second-order valence-electron chi connectivity index (χ2n) is 8.14. The molecule has 4 aromatic rings. The van der Waals surface area contributed by atoms with Crippen LogP contribution in [0.15, 0.2) is 71.9 Å². The quantitative estimate of drug-likeness (QED) is 0.393. The molecule has 0 unspecified atom stereocenters. The van der Waals surface area contributed by atoms with Crippen molar-refractivity contribution in [2.45, 2.75) is 25.3 Å². The largest absolute Gasteiger partial charge is 0.372 e. The van der Waals surface area contributed by atoms with Crippen LogP contribution < -0.4 is 10.2 Å². The van der Waals surface area contributed by atoms with Gasteiger partial charge in [-0.2, -0.15) is 0 Å². The summed E-state index contributed by atoms with van der Waals surface area (Å²) >= 11 is 0. The Morgan fingerprint density at radius 2 is 1.68 bits per heavy atom. The summed E-state index contributed by atoms with van der Waals surface area (Å²) in [5, 5.41) is 3.69. The molecule has 0 spiro atoms. The van der Waals surface area contributed by atoms with Gasteiger partial charge >= 0.3 is 0 Å². The number of aromatic nitrogens is 2. The first-order valence-electron chi connectivity index (χ1n) is 11.2. The summed E-state index contributed by atoms with van der Waals surface area (Å²) in [5.41, 5.74) is 4.94. The van der Waals surface area contributed by atoms with Gasteiger partial charge < -0.3 is 15.2 Å². The lowest BCUT2D eigenvalue weighted by atomic mass is 10.1. The maximum atomic E-state index is 12.9. The molecule has 2 aromatic carbocycles. The van der Waals surface area contributed by atoms with Crippen LogP contribution in [0, 0.1) is 0 Å². The van der Waals surface area contributed by atoms with Crippen molar-refractivity contribution in [2.24, 2.45) is 0 Å². The number of rotatable bonds is 8. The topological polar surface area (TPSA) is 95.2 Å². The maximum Gasteiger partial charge on any atom is 0.253 e. The first-order valence-corrected chi connectivity index (χ1v) is 13.1. The number of nitrogens with one attached hydrogen (secondary N) is 2. The molecule has 0 bridgehead atoms. The smallest absolute Gasteiger partial charge is 0.253 e. The third-order valence-corrected chi connectivity index (χ3v) is 7.04. The van der Waals surface area contributed by atoms with Crippen molar-refractivity contribution in [3.05, 3.63) is 78.1 Å². The molecule has 176 valence electrons. The predicted octanol–water partition coefficient (Wildman–Crippen LogP) is 4.41. The molecule has 0 aliphatic carbocycles. The van der Waals surface area contributed by atoms with Crippen molar-refractivity contribution in [3.63, 3.8) is 0 Å². The maximum absolute atomic E-state index is 12.9. The van der Waals surface area contributed by atoms with Gasteiger partial charge in [-0.15, -0.1) is 0 Å². The van der Waals surface area contributed by atoms with Crippen molar-refractivity contribution in [3.8, 4) is 11.1 Å². The molecule has 1 amide bonds. The zero-order valence-electron chi connectivity index (χ0n) is 19.5. The summed E-state index contributed by atoms with van der Waals surface area (Å²) < 4.78 is 23.4. The first kappa shape index (κ1) is 23.5. The Hall–Kier alpha value is -3.65. The predicted molar refractivity (Wildman–Crippen MR) is 136 cm³/mol. The highest BCUT2D eigenvalue weighted by Gasteiger charge is 2.14. The number of hydrogen-bond acceptors (Lipinski definition) is 5. The summed E-state index contributed by atoms with van der Waals surface area (Å²) in [5.74, 6) is -0.189. The minimum Gasteiger partial charge on any atom is -0.372 e. The van der Waals surface area contributed by atoms with Crippen LogP contribution in [0.4, 0.5) is 5.69 Å². The van der Waals surface area contributed by atoms with Crippen LogP contribution in [0.1, 0.15) is 29.8 Å². The second-order valence-corrected chi connectivity index (χ2v) is 10.2. The van der Waals surface area contributed by atoms with Crippen LogP contribution in [-0.4, -0.2) is 43.6 Å². The SMILES string of the molecule is CCN(CC)c1ccc(CNC(=O)c2c[nH]c3ncc(-c4ccc(S(C)(=O)=O)cc4)cc23)cc1. The van der Waals surface area contributed by atoms with Gasteiger partial charge in [0.15, 0.2) is 9.84 Å². The van der Waals surface area contributed by atoms with Crippen LogP contribution in [0.2, 0.25) is 0 Å². The van der Waals surface area contributed by atoms with Crippen LogP contribution in [-0.2, 0) is 16.4 Å². The fraction of sp³-hybridized carbons (Fsp3) is 0.231. The molecule has 2 N–H and O–H groups in total. The van der Waals surface area contributed by atoms with E-state index in [2.05, 4.69) is 46.2 Å². The summed E-state index contributed by atoms with van der Waals surface area (Å²) in [6.07, 6.45) is 4.54. The lowest BCUT2D eigenvalue weighted by Gasteiger charge is -2.21. The molecular formula is C26H28N4O3S. The Morgan fingerprint density at radius 1 is 1.00 bits per heavy atom. The van der Waals surface area contributed by atoms with Gasteiger partial charge in [-0.1, -0.05) is 24.3 Å². The molecule has 0 aliphatic heterocycles. The van der Waals surface area contributed by atoms with E-state index in [1.807, 2.05) is 18.2 Å². The van der Waals surface area contributed by atoms with E-state index < -0.39 is 9.84 Å². The van der Waals surface area contributed by atoms with Gasteiger partial charge in [-0.05, 0) is 55.3 Å². The third kappa shape index (κ3) is 4.97. The van der Waals surface area contributed by atoms with Crippen LogP contribution in [0.25, 0.3) is 22.2 Å². The average Bonchev–Trinajstić information content (AvgIpc) is 3.27. The van der Waals surface area contributed by atoms with E-state index in [1.54, 1.807) is 36.7 Å². The molecule has 0 radical (unpaired) electrons. The molecule has 0 aliphatic rings. The number of carbonyl (C=O) groups excluding carboxylic acids is 1. The molecule has 34 heavy (non-hydrogen) atoms. The highest BCUT2D eigenvalue weighted by atomic mass is 32.2. The Labute approximate surface area is 199 Å². The number of amides is 1. The van der Waals surface area contributed by atoms with E-state index in [1.165, 1.54) is 11.9 Å².